The molecule has 0 saturated heterocycles. The normalized spacial score (nSPS) is 11.9. The number of nitrogens with zero attached hydrogens (tertiary/aromatic N) is 4. The van der Waals surface area contributed by atoms with Gasteiger partial charge in [-0.15, -0.1) is 0 Å². The number of hydrogen-bond acceptors (Lipinski definition) is 5. The van der Waals surface area contributed by atoms with Crippen LogP contribution >= 0.6 is 0 Å². The number of H-pyrrole nitrogens is 1. The van der Waals surface area contributed by atoms with Crippen LogP contribution in [0.5, 0.6) is 0 Å². The smallest absolute Gasteiger partial charge is 0.264 e. The summed E-state index contributed by atoms with van der Waals surface area (Å²) in [5.74, 6) is -0.375. The first-order valence-electron chi connectivity index (χ1n) is 9.44. The summed E-state index contributed by atoms with van der Waals surface area (Å²) in [6, 6.07) is 9.27. The van der Waals surface area contributed by atoms with Gasteiger partial charge in [0, 0.05) is 31.3 Å². The van der Waals surface area contributed by atoms with Crippen LogP contribution in [0, 0.1) is 16.7 Å². The van der Waals surface area contributed by atoms with E-state index in [9.17, 15) is 14.9 Å². The number of nitrogens with one attached hydrogen (secondary N) is 1. The van der Waals surface area contributed by atoms with Crippen LogP contribution in [-0.4, -0.2) is 45.6 Å². The highest BCUT2D eigenvalue weighted by atomic mass is 16.2. The van der Waals surface area contributed by atoms with Gasteiger partial charge in [0.1, 0.15) is 17.2 Å². The average Bonchev–Trinajstić information content (AvgIpc) is 3.13. The molecule has 0 radical (unpaired) electrons. The number of hydrogen-bond donors (Lipinski definition) is 1. The Morgan fingerprint density at radius 3 is 2.60 bits per heavy atom. The van der Waals surface area contributed by atoms with Crippen LogP contribution in [-0.2, 0) is 4.79 Å². The summed E-state index contributed by atoms with van der Waals surface area (Å²) in [4.78, 5) is 38.3. The Kier molecular flexibility index (Phi) is 5.52. The second kappa shape index (κ2) is 7.91. The molecule has 0 spiro atoms. The van der Waals surface area contributed by atoms with Crippen molar-refractivity contribution in [3.63, 3.8) is 0 Å². The maximum absolute atomic E-state index is 12.8. The van der Waals surface area contributed by atoms with Gasteiger partial charge in [0.15, 0.2) is 11.4 Å². The van der Waals surface area contributed by atoms with Crippen LogP contribution < -0.4 is 0 Å². The molecule has 1 amide bonds. The third-order valence-electron chi connectivity index (χ3n) is 4.56. The highest BCUT2D eigenvalue weighted by Crippen LogP contribution is 2.27. The van der Waals surface area contributed by atoms with Crippen LogP contribution in [0.4, 0.5) is 0 Å². The molecule has 7 heteroatoms. The molecule has 0 aliphatic carbocycles. The van der Waals surface area contributed by atoms with Crippen molar-refractivity contribution in [2.45, 2.75) is 20.8 Å². The second-order valence-electron chi connectivity index (χ2n) is 8.23. The number of aromatic amines is 1. The number of ketones is 1. The Morgan fingerprint density at radius 1 is 1.23 bits per heavy atom. The van der Waals surface area contributed by atoms with E-state index in [4.69, 9.17) is 0 Å². The molecule has 1 N–H and O–H groups in total. The molecule has 2 heterocycles. The lowest BCUT2D eigenvalue weighted by atomic mass is 9.87. The average molecular weight is 401 g/mol. The fourth-order valence-electron chi connectivity index (χ4n) is 2.94. The number of carbonyl (C=O) groups excluding carboxylic acids is 2. The molecule has 1 aromatic carbocycles. The molecule has 0 saturated carbocycles. The van der Waals surface area contributed by atoms with Gasteiger partial charge >= 0.3 is 0 Å². The maximum Gasteiger partial charge on any atom is 0.264 e. The largest absolute Gasteiger partial charge is 0.344 e. The van der Waals surface area contributed by atoms with E-state index in [-0.39, 0.29) is 17.3 Å². The van der Waals surface area contributed by atoms with Crippen LogP contribution in [0.2, 0.25) is 0 Å². The number of rotatable bonds is 4. The zero-order valence-electron chi connectivity index (χ0n) is 17.6. The molecule has 0 aliphatic rings. The van der Waals surface area contributed by atoms with Gasteiger partial charge in [0.05, 0.1) is 17.5 Å². The van der Waals surface area contributed by atoms with Crippen molar-refractivity contribution in [1.29, 1.82) is 5.26 Å². The Morgan fingerprint density at radius 2 is 1.97 bits per heavy atom. The van der Waals surface area contributed by atoms with Gasteiger partial charge in [-0.1, -0.05) is 39.0 Å². The van der Waals surface area contributed by atoms with Crippen LogP contribution in [0.1, 0.15) is 36.7 Å². The Balaban J connectivity index is 2.05. The fraction of sp³-hybridized carbons (Fsp3) is 0.261. The van der Waals surface area contributed by atoms with Crippen molar-refractivity contribution < 1.29 is 9.59 Å². The summed E-state index contributed by atoms with van der Waals surface area (Å²) in [7, 11) is 3.20. The van der Waals surface area contributed by atoms with Crippen molar-refractivity contribution >= 4 is 28.9 Å². The fourth-order valence-corrected chi connectivity index (χ4v) is 2.94. The Hall–Kier alpha value is -3.79. The quantitative estimate of drug-likeness (QED) is 0.406. The maximum atomic E-state index is 12.8. The van der Waals surface area contributed by atoms with E-state index in [1.165, 1.54) is 4.90 Å². The molecule has 0 bridgehead atoms. The summed E-state index contributed by atoms with van der Waals surface area (Å²) < 4.78 is 0. The first-order chi connectivity index (χ1) is 14.1. The zero-order chi connectivity index (χ0) is 22.1. The van der Waals surface area contributed by atoms with E-state index in [2.05, 4.69) is 15.0 Å². The van der Waals surface area contributed by atoms with Crippen molar-refractivity contribution in [2.24, 2.45) is 5.41 Å². The highest BCUT2D eigenvalue weighted by molar-refractivity contribution is 6.08. The third kappa shape index (κ3) is 4.13. The summed E-state index contributed by atoms with van der Waals surface area (Å²) >= 11 is 0. The van der Waals surface area contributed by atoms with E-state index in [1.807, 2.05) is 45.0 Å². The molecular weight excluding hydrogens is 378 g/mol. The van der Waals surface area contributed by atoms with E-state index in [0.717, 1.165) is 5.56 Å². The number of benzene rings is 1. The molecule has 0 unspecified atom stereocenters. The highest BCUT2D eigenvalue weighted by Gasteiger charge is 2.26. The van der Waals surface area contributed by atoms with E-state index >= 15 is 0 Å². The molecule has 3 rings (SSSR count). The second-order valence-corrected chi connectivity index (χ2v) is 8.23. The van der Waals surface area contributed by atoms with Crippen LogP contribution in [0.25, 0.3) is 28.5 Å². The summed E-state index contributed by atoms with van der Waals surface area (Å²) in [6.45, 7) is 5.59. The van der Waals surface area contributed by atoms with Gasteiger partial charge in [-0.3, -0.25) is 9.59 Å². The van der Waals surface area contributed by atoms with Gasteiger partial charge in [-0.2, -0.15) is 5.26 Å². The van der Waals surface area contributed by atoms with Gasteiger partial charge < -0.3 is 9.88 Å². The molecule has 0 atom stereocenters. The van der Waals surface area contributed by atoms with Gasteiger partial charge in [0.2, 0.25) is 0 Å². The number of nitriles is 1. The van der Waals surface area contributed by atoms with Crippen molar-refractivity contribution in [1.82, 2.24) is 19.9 Å². The van der Waals surface area contributed by atoms with Crippen LogP contribution in [0.3, 0.4) is 0 Å². The number of carbonyl (C=O) groups is 2. The Labute approximate surface area is 175 Å². The number of fused-ring (bicyclic) bond motifs is 1. The number of likely N-dealkylation sites (N-methyl/N-ethyl adjacent to an activating group) is 1. The molecule has 3 aromatic rings. The lowest BCUT2D eigenvalue weighted by Gasteiger charge is -2.15. The van der Waals surface area contributed by atoms with Gasteiger partial charge in [-0.25, -0.2) is 9.97 Å². The first kappa shape index (κ1) is 20.9. The number of amides is 1. The summed E-state index contributed by atoms with van der Waals surface area (Å²) in [5, 5.41) is 9.31. The molecule has 152 valence electrons. The van der Waals surface area contributed by atoms with Gasteiger partial charge in [0.25, 0.3) is 5.91 Å². The number of Topliss-reactive ketones (excluding diaryl/α,β-unsaturated/α-hetero) is 1. The zero-order valence-corrected chi connectivity index (χ0v) is 17.6. The topological polar surface area (TPSA) is 103 Å². The molecule has 2 aromatic heterocycles. The monoisotopic (exact) mass is 401 g/mol. The van der Waals surface area contributed by atoms with Crippen molar-refractivity contribution in [3.8, 4) is 17.3 Å². The van der Waals surface area contributed by atoms with E-state index in [1.54, 1.807) is 38.6 Å². The minimum absolute atomic E-state index is 0.0160. The van der Waals surface area contributed by atoms with Gasteiger partial charge in [-0.05, 0) is 17.7 Å². The summed E-state index contributed by atoms with van der Waals surface area (Å²) in [5.41, 5.74) is 3.14. The van der Waals surface area contributed by atoms with Crippen molar-refractivity contribution in [3.05, 3.63) is 53.4 Å². The van der Waals surface area contributed by atoms with E-state index in [0.29, 0.717) is 28.0 Å². The number of aromatic nitrogens is 3. The SMILES string of the molecule is CN(C)C(=O)C(C#N)=Cc1cccc(-c2cnc3[nH]cc(C(=O)C(C)(C)C)c3n2)c1. The van der Waals surface area contributed by atoms with Crippen LogP contribution in [0.15, 0.2) is 42.2 Å². The van der Waals surface area contributed by atoms with E-state index < -0.39 is 5.41 Å². The minimum Gasteiger partial charge on any atom is -0.344 e. The molecule has 30 heavy (non-hydrogen) atoms. The molecule has 0 aliphatic heterocycles. The Bertz CT molecular complexity index is 1210. The third-order valence-corrected chi connectivity index (χ3v) is 4.56. The van der Waals surface area contributed by atoms with Crippen molar-refractivity contribution in [2.75, 3.05) is 14.1 Å². The standard InChI is InChI=1S/C23H23N5O2/c1-23(2,3)20(29)17-12-25-21-19(17)27-18(13-26-21)15-8-6-7-14(9-15)10-16(11-24)22(30)28(4)5/h6-10,12-13H,1-5H3,(H,25,26). The summed E-state index contributed by atoms with van der Waals surface area (Å²) in [6.07, 6.45) is 4.82. The molecule has 0 fully saturated rings. The lowest BCUT2D eigenvalue weighted by molar-refractivity contribution is -0.124. The predicted octanol–water partition coefficient (Wildman–Crippen LogP) is 3.85. The lowest BCUT2D eigenvalue weighted by Crippen LogP contribution is -2.22. The molecular formula is C23H23N5O2. The predicted molar refractivity (Wildman–Crippen MR) is 115 cm³/mol. The first-order valence-corrected chi connectivity index (χ1v) is 9.44. The minimum atomic E-state index is -0.538. The molecule has 7 nitrogen and oxygen atoms in total.